The zero-order valence-corrected chi connectivity index (χ0v) is 10.6. The van der Waals surface area contributed by atoms with Crippen molar-refractivity contribution in [1.82, 2.24) is 9.88 Å². The van der Waals surface area contributed by atoms with Gasteiger partial charge in [0, 0.05) is 18.6 Å². The molecule has 0 saturated heterocycles. The lowest BCUT2D eigenvalue weighted by Gasteiger charge is -2.19. The Hall–Kier alpha value is -2.31. The number of anilines is 1. The van der Waals surface area contributed by atoms with Crippen molar-refractivity contribution in [2.75, 3.05) is 19.3 Å². The van der Waals surface area contributed by atoms with Gasteiger partial charge in [-0.3, -0.25) is 4.79 Å². The molecule has 20 heavy (non-hydrogen) atoms. The van der Waals surface area contributed by atoms with E-state index in [1.54, 1.807) is 24.3 Å². The van der Waals surface area contributed by atoms with Gasteiger partial charge in [0.05, 0.1) is 5.56 Å². The van der Waals surface area contributed by atoms with E-state index in [-0.39, 0.29) is 11.4 Å². The number of nitrogens with two attached hydrogens (primary N) is 1. The Bertz CT molecular complexity index is 655. The Balaban J connectivity index is 2.43. The smallest absolute Gasteiger partial charge is 0.383 e. The Labute approximate surface area is 113 Å². The minimum atomic E-state index is -4.44. The molecule has 1 heterocycles. The molecule has 0 unspecified atom stereocenters. The van der Waals surface area contributed by atoms with Gasteiger partial charge in [0.25, 0.3) is 5.91 Å². The van der Waals surface area contributed by atoms with E-state index in [4.69, 9.17) is 5.73 Å². The topological polar surface area (TPSA) is 59.2 Å². The van der Waals surface area contributed by atoms with Crippen molar-refractivity contribution in [3.8, 4) is 0 Å². The lowest BCUT2D eigenvalue weighted by atomic mass is 10.1. The summed E-state index contributed by atoms with van der Waals surface area (Å²) in [7, 11) is 1.10. The van der Waals surface area contributed by atoms with Crippen LogP contribution in [-0.2, 0) is 0 Å². The van der Waals surface area contributed by atoms with Crippen LogP contribution in [-0.4, -0.2) is 35.6 Å². The quantitative estimate of drug-likeness (QED) is 0.921. The summed E-state index contributed by atoms with van der Waals surface area (Å²) < 4.78 is 37.0. The predicted molar refractivity (Wildman–Crippen MR) is 69.2 cm³/mol. The molecule has 0 radical (unpaired) electrons. The first-order valence-corrected chi connectivity index (χ1v) is 5.75. The average molecular weight is 283 g/mol. The molecular weight excluding hydrogens is 271 g/mol. The van der Waals surface area contributed by atoms with Gasteiger partial charge in [0.2, 0.25) is 0 Å². The molecule has 4 nitrogen and oxygen atoms in total. The van der Waals surface area contributed by atoms with Gasteiger partial charge < -0.3 is 10.6 Å². The highest BCUT2D eigenvalue weighted by Crippen LogP contribution is 2.24. The molecule has 0 aliphatic carbocycles. The molecule has 0 fully saturated rings. The molecule has 0 saturated carbocycles. The fraction of sp³-hybridized carbons (Fsp3) is 0.231. The second-order valence-electron chi connectivity index (χ2n) is 4.38. The SMILES string of the molecule is CN(CC(F)(F)F)C(=O)c1cnc(N)c2ccccc12. The third-order valence-electron chi connectivity index (χ3n) is 2.82. The van der Waals surface area contributed by atoms with Crippen LogP contribution in [0, 0.1) is 0 Å². The number of aromatic nitrogens is 1. The van der Waals surface area contributed by atoms with Crippen LogP contribution in [0.4, 0.5) is 19.0 Å². The summed E-state index contributed by atoms with van der Waals surface area (Å²) in [5.74, 6) is -0.512. The van der Waals surface area contributed by atoms with E-state index >= 15 is 0 Å². The first-order chi connectivity index (χ1) is 9.29. The van der Waals surface area contributed by atoms with Crippen molar-refractivity contribution in [1.29, 1.82) is 0 Å². The molecule has 1 amide bonds. The standard InChI is InChI=1S/C13H12F3N3O/c1-19(7-13(14,15)16)12(20)10-6-18-11(17)9-5-3-2-4-8(9)10/h2-6H,7H2,1H3,(H2,17,18). The maximum absolute atomic E-state index is 12.3. The lowest BCUT2D eigenvalue weighted by molar-refractivity contribution is -0.138. The van der Waals surface area contributed by atoms with Crippen LogP contribution in [0.3, 0.4) is 0 Å². The third-order valence-corrected chi connectivity index (χ3v) is 2.82. The Morgan fingerprint density at radius 3 is 2.50 bits per heavy atom. The number of pyridine rings is 1. The van der Waals surface area contributed by atoms with Gasteiger partial charge in [0.15, 0.2) is 0 Å². The van der Waals surface area contributed by atoms with E-state index in [2.05, 4.69) is 4.98 Å². The number of benzene rings is 1. The summed E-state index contributed by atoms with van der Waals surface area (Å²) in [6.45, 7) is -1.31. The molecule has 0 atom stereocenters. The number of carbonyl (C=O) groups is 1. The number of fused-ring (bicyclic) bond motifs is 1. The van der Waals surface area contributed by atoms with Gasteiger partial charge >= 0.3 is 6.18 Å². The van der Waals surface area contributed by atoms with Crippen LogP contribution in [0.5, 0.6) is 0 Å². The second kappa shape index (κ2) is 4.99. The maximum Gasteiger partial charge on any atom is 0.406 e. The van der Waals surface area contributed by atoms with E-state index in [0.717, 1.165) is 7.05 Å². The van der Waals surface area contributed by atoms with Gasteiger partial charge in [-0.25, -0.2) is 4.98 Å². The number of nitrogen functional groups attached to an aromatic ring is 1. The molecule has 0 aliphatic rings. The summed E-state index contributed by atoms with van der Waals surface area (Å²) in [5, 5.41) is 1.03. The average Bonchev–Trinajstić information content (AvgIpc) is 2.37. The predicted octanol–water partition coefficient (Wildman–Crippen LogP) is 2.45. The highest BCUT2D eigenvalue weighted by Gasteiger charge is 2.32. The summed E-state index contributed by atoms with van der Waals surface area (Å²) in [6, 6.07) is 6.69. The number of hydrogen-bond donors (Lipinski definition) is 1. The van der Waals surface area contributed by atoms with Gasteiger partial charge in [-0.2, -0.15) is 13.2 Å². The highest BCUT2D eigenvalue weighted by atomic mass is 19.4. The number of amides is 1. The molecule has 7 heteroatoms. The normalized spacial score (nSPS) is 11.6. The Kier molecular flexibility index (Phi) is 3.52. The number of carbonyl (C=O) groups excluding carboxylic acids is 1. The second-order valence-corrected chi connectivity index (χ2v) is 4.38. The van der Waals surface area contributed by atoms with Crippen LogP contribution in [0.2, 0.25) is 0 Å². The van der Waals surface area contributed by atoms with Crippen molar-refractivity contribution in [2.45, 2.75) is 6.18 Å². The van der Waals surface area contributed by atoms with Crippen molar-refractivity contribution < 1.29 is 18.0 Å². The summed E-state index contributed by atoms with van der Waals surface area (Å²) in [4.78, 5) is 16.6. The number of rotatable bonds is 2. The van der Waals surface area contributed by atoms with E-state index in [9.17, 15) is 18.0 Å². The molecule has 0 bridgehead atoms. The largest absolute Gasteiger partial charge is 0.406 e. The summed E-state index contributed by atoms with van der Waals surface area (Å²) in [6.07, 6.45) is -3.24. The minimum absolute atomic E-state index is 0.0987. The number of nitrogens with zero attached hydrogens (tertiary/aromatic N) is 2. The van der Waals surface area contributed by atoms with Crippen LogP contribution in [0.1, 0.15) is 10.4 Å². The van der Waals surface area contributed by atoms with Crippen LogP contribution >= 0.6 is 0 Å². The monoisotopic (exact) mass is 283 g/mol. The molecule has 2 rings (SSSR count). The first kappa shape index (κ1) is 14.1. The van der Waals surface area contributed by atoms with Gasteiger partial charge in [-0.05, 0) is 5.39 Å². The zero-order valence-electron chi connectivity index (χ0n) is 10.6. The number of halogens is 3. The first-order valence-electron chi connectivity index (χ1n) is 5.75. The van der Waals surface area contributed by atoms with Crippen molar-refractivity contribution >= 4 is 22.5 Å². The van der Waals surface area contributed by atoms with Gasteiger partial charge in [-0.1, -0.05) is 24.3 Å². The molecule has 0 aliphatic heterocycles. The van der Waals surface area contributed by atoms with E-state index in [0.29, 0.717) is 15.7 Å². The fourth-order valence-electron chi connectivity index (χ4n) is 1.93. The molecular formula is C13H12F3N3O. The zero-order chi connectivity index (χ0) is 14.9. The van der Waals surface area contributed by atoms with E-state index in [1.165, 1.54) is 6.20 Å². The lowest BCUT2D eigenvalue weighted by Crippen LogP contribution is -2.36. The van der Waals surface area contributed by atoms with Crippen molar-refractivity contribution in [3.63, 3.8) is 0 Å². The van der Waals surface area contributed by atoms with Crippen LogP contribution in [0.15, 0.2) is 30.5 Å². The van der Waals surface area contributed by atoms with Crippen LogP contribution < -0.4 is 5.73 Å². The third kappa shape index (κ3) is 2.81. The number of hydrogen-bond acceptors (Lipinski definition) is 3. The van der Waals surface area contributed by atoms with Gasteiger partial charge in [-0.15, -0.1) is 0 Å². The fourth-order valence-corrected chi connectivity index (χ4v) is 1.93. The van der Waals surface area contributed by atoms with E-state index in [1.807, 2.05) is 0 Å². The van der Waals surface area contributed by atoms with Gasteiger partial charge in [0.1, 0.15) is 12.4 Å². The molecule has 1 aromatic carbocycles. The highest BCUT2D eigenvalue weighted by molar-refractivity contribution is 6.08. The molecule has 2 N–H and O–H groups in total. The minimum Gasteiger partial charge on any atom is -0.383 e. The maximum atomic E-state index is 12.3. The van der Waals surface area contributed by atoms with Crippen LogP contribution in [0.25, 0.3) is 10.8 Å². The molecule has 106 valence electrons. The summed E-state index contributed by atoms with van der Waals surface area (Å²) >= 11 is 0. The number of alkyl halides is 3. The van der Waals surface area contributed by atoms with Crippen molar-refractivity contribution in [2.24, 2.45) is 0 Å². The van der Waals surface area contributed by atoms with Crippen molar-refractivity contribution in [3.05, 3.63) is 36.0 Å². The molecule has 2 aromatic rings. The molecule has 0 spiro atoms. The van der Waals surface area contributed by atoms with E-state index < -0.39 is 18.6 Å². The molecule has 1 aromatic heterocycles. The Morgan fingerprint density at radius 2 is 1.90 bits per heavy atom. The summed E-state index contributed by atoms with van der Waals surface area (Å²) in [5.41, 5.74) is 5.79. The Morgan fingerprint density at radius 1 is 1.30 bits per heavy atom.